The highest BCUT2D eigenvalue weighted by Gasteiger charge is 2.37. The number of methoxy groups -OCH3 is 1. The van der Waals surface area contributed by atoms with E-state index < -0.39 is 67.5 Å². The van der Waals surface area contributed by atoms with Crippen LogP contribution in [0.15, 0.2) is 32.7 Å². The van der Waals surface area contributed by atoms with E-state index in [0.29, 0.717) is 30.0 Å². The summed E-state index contributed by atoms with van der Waals surface area (Å²) in [7, 11) is -2.76. The molecule has 0 aliphatic carbocycles. The highest BCUT2D eigenvalue weighted by atomic mass is 35.5. The van der Waals surface area contributed by atoms with Gasteiger partial charge in [-0.1, -0.05) is 30.1 Å². The van der Waals surface area contributed by atoms with Crippen LogP contribution in [0.3, 0.4) is 0 Å². The molecule has 1 aromatic heterocycles. The SMILES string of the molecule is CCS(=O)(=O)c1c(Cn2c(=O)[nH]c3c(Cl)c(CN4CCC[C@@H](NC(=O)[O-])C4)c(C(F)(F)F)cc3c2=O)cc(Cl)cc1OC. The molecule has 0 spiro atoms. The van der Waals surface area contributed by atoms with Gasteiger partial charge in [0.05, 0.1) is 40.9 Å². The van der Waals surface area contributed by atoms with E-state index in [1.54, 1.807) is 4.90 Å². The van der Waals surface area contributed by atoms with Crippen molar-refractivity contribution >= 4 is 50.0 Å². The van der Waals surface area contributed by atoms with Gasteiger partial charge in [0.25, 0.3) is 5.56 Å². The summed E-state index contributed by atoms with van der Waals surface area (Å²) >= 11 is 12.6. The van der Waals surface area contributed by atoms with Gasteiger partial charge in [-0.25, -0.2) is 13.2 Å². The molecule has 1 amide bonds. The first-order chi connectivity index (χ1) is 20.1. The number of carbonyl (C=O) groups excluding carboxylic acids is 1. The molecule has 0 radical (unpaired) electrons. The van der Waals surface area contributed by atoms with Crippen molar-refractivity contribution in [3.63, 3.8) is 0 Å². The van der Waals surface area contributed by atoms with Crippen LogP contribution in [0.1, 0.15) is 36.5 Å². The number of nitrogens with one attached hydrogen (secondary N) is 2. The lowest BCUT2D eigenvalue weighted by Gasteiger charge is -2.34. The summed E-state index contributed by atoms with van der Waals surface area (Å²) in [6.45, 7) is 0.812. The van der Waals surface area contributed by atoms with Crippen molar-refractivity contribution in [3.05, 3.63) is 65.8 Å². The van der Waals surface area contributed by atoms with Crippen molar-refractivity contribution in [2.24, 2.45) is 0 Å². The second-order valence-electron chi connectivity index (χ2n) is 9.96. The Hall–Kier alpha value is -3.27. The van der Waals surface area contributed by atoms with Gasteiger partial charge in [0.2, 0.25) is 0 Å². The van der Waals surface area contributed by atoms with Crippen LogP contribution in [0.2, 0.25) is 10.0 Å². The molecule has 2 aromatic carbocycles. The predicted octanol–water partition coefficient (Wildman–Crippen LogP) is 2.76. The van der Waals surface area contributed by atoms with Crippen LogP contribution in [-0.4, -0.2) is 61.0 Å². The monoisotopic (exact) mass is 665 g/mol. The average Bonchev–Trinajstić information content (AvgIpc) is 2.91. The first-order valence-electron chi connectivity index (χ1n) is 12.9. The number of aromatic nitrogens is 2. The van der Waals surface area contributed by atoms with E-state index in [-0.39, 0.29) is 45.6 Å². The van der Waals surface area contributed by atoms with E-state index in [9.17, 15) is 41.1 Å². The number of nitrogens with zero attached hydrogens (tertiary/aromatic N) is 2. The number of fused-ring (bicyclic) bond motifs is 1. The molecule has 1 atom stereocenters. The predicted molar refractivity (Wildman–Crippen MR) is 151 cm³/mol. The van der Waals surface area contributed by atoms with Gasteiger partial charge in [-0.05, 0) is 42.6 Å². The van der Waals surface area contributed by atoms with Gasteiger partial charge in [-0.2, -0.15) is 13.2 Å². The Balaban J connectivity index is 1.87. The van der Waals surface area contributed by atoms with E-state index in [4.69, 9.17) is 27.9 Å². The number of aromatic amines is 1. The molecule has 0 saturated carbocycles. The Morgan fingerprint density at radius 3 is 2.51 bits per heavy atom. The molecule has 43 heavy (non-hydrogen) atoms. The zero-order chi connectivity index (χ0) is 31.9. The molecule has 2 heterocycles. The first-order valence-corrected chi connectivity index (χ1v) is 15.3. The quantitative estimate of drug-likeness (QED) is 0.372. The van der Waals surface area contributed by atoms with Gasteiger partial charge in [-0.15, -0.1) is 0 Å². The fraction of sp³-hybridized carbons (Fsp3) is 0.423. The second kappa shape index (κ2) is 12.4. The molecule has 1 fully saturated rings. The fourth-order valence-electron chi connectivity index (χ4n) is 5.21. The number of piperidine rings is 1. The third-order valence-electron chi connectivity index (χ3n) is 7.17. The number of alkyl halides is 3. The van der Waals surface area contributed by atoms with Crippen molar-refractivity contribution in [2.45, 2.75) is 50.0 Å². The van der Waals surface area contributed by atoms with Crippen molar-refractivity contribution in [2.75, 3.05) is 26.0 Å². The number of hydrogen-bond acceptors (Lipinski definition) is 8. The van der Waals surface area contributed by atoms with Gasteiger partial charge < -0.3 is 24.9 Å². The lowest BCUT2D eigenvalue weighted by atomic mass is 10.0. The Labute approximate surface area is 253 Å². The lowest BCUT2D eigenvalue weighted by molar-refractivity contribution is -0.252. The molecular weight excluding hydrogens is 640 g/mol. The van der Waals surface area contributed by atoms with E-state index in [0.717, 1.165) is 0 Å². The summed E-state index contributed by atoms with van der Waals surface area (Å²) in [6.07, 6.45) is -5.50. The van der Waals surface area contributed by atoms with Crippen LogP contribution in [0, 0.1) is 0 Å². The molecule has 3 aromatic rings. The van der Waals surface area contributed by atoms with Gasteiger partial charge >= 0.3 is 11.9 Å². The summed E-state index contributed by atoms with van der Waals surface area (Å²) in [5.74, 6) is -0.480. The number of ether oxygens (including phenoxy) is 1. The van der Waals surface area contributed by atoms with Crippen LogP contribution in [0.25, 0.3) is 10.9 Å². The van der Waals surface area contributed by atoms with Crippen LogP contribution < -0.4 is 26.4 Å². The largest absolute Gasteiger partial charge is 0.530 e. The second-order valence-corrected chi connectivity index (χ2v) is 13.0. The highest BCUT2D eigenvalue weighted by Crippen LogP contribution is 2.39. The van der Waals surface area contributed by atoms with Crippen molar-refractivity contribution < 1.29 is 36.2 Å². The highest BCUT2D eigenvalue weighted by molar-refractivity contribution is 7.91. The minimum Gasteiger partial charge on any atom is -0.530 e. The molecule has 17 heteroatoms. The molecule has 1 aliphatic heterocycles. The van der Waals surface area contributed by atoms with E-state index in [1.807, 2.05) is 0 Å². The topological polar surface area (TPSA) is 154 Å². The number of carbonyl (C=O) groups is 1. The number of likely N-dealkylation sites (tertiary alicyclic amines) is 1. The maximum atomic E-state index is 14.3. The molecule has 0 unspecified atom stereocenters. The fourth-order valence-corrected chi connectivity index (χ4v) is 7.01. The maximum Gasteiger partial charge on any atom is 0.416 e. The number of H-pyrrole nitrogens is 1. The summed E-state index contributed by atoms with van der Waals surface area (Å²) in [5, 5.41) is 12.1. The molecule has 2 N–H and O–H groups in total. The van der Waals surface area contributed by atoms with E-state index in [1.165, 1.54) is 26.2 Å². The normalized spacial score (nSPS) is 16.4. The molecule has 1 saturated heterocycles. The third kappa shape index (κ3) is 6.79. The third-order valence-corrected chi connectivity index (χ3v) is 9.65. The van der Waals surface area contributed by atoms with E-state index >= 15 is 0 Å². The number of benzene rings is 2. The molecule has 234 valence electrons. The van der Waals surface area contributed by atoms with Crippen LogP contribution in [0.5, 0.6) is 5.75 Å². The van der Waals surface area contributed by atoms with Gasteiger partial charge in [0.15, 0.2) is 9.84 Å². The summed E-state index contributed by atoms with van der Waals surface area (Å²) in [6, 6.07) is 2.50. The first kappa shape index (κ1) is 32.6. The van der Waals surface area contributed by atoms with Crippen molar-refractivity contribution in [1.82, 2.24) is 19.8 Å². The molecular formula is C26H26Cl2F3N4O7S-. The summed E-state index contributed by atoms with van der Waals surface area (Å²) in [5.41, 5.74) is -4.23. The summed E-state index contributed by atoms with van der Waals surface area (Å²) < 4.78 is 74.4. The minimum absolute atomic E-state index is 0.0361. The van der Waals surface area contributed by atoms with E-state index in [2.05, 4.69) is 10.3 Å². The number of hydrogen-bond donors (Lipinski definition) is 2. The number of carboxylic acid groups (broad SMARTS) is 1. The van der Waals surface area contributed by atoms with Gasteiger partial charge in [-0.3, -0.25) is 14.3 Å². The zero-order valence-electron chi connectivity index (χ0n) is 22.8. The number of halogens is 5. The standard InChI is InChI=1S/C26H27Cl2F3N4O7S/c1-3-43(40,41)22-13(7-14(27)8-19(22)42-2)10-35-23(36)16-9-18(26(29,30)31)17(20(28)21(16)33-24(35)37)12-34-6-4-5-15(11-34)32-25(38)39/h7-9,15,32H,3-6,10-12H2,1-2H3,(H,33,37)(H,38,39)/p-1/t15-/m1/s1. The average molecular weight is 666 g/mol. The Morgan fingerprint density at radius 1 is 1.21 bits per heavy atom. The summed E-state index contributed by atoms with van der Waals surface area (Å²) in [4.78, 5) is 41.2. The Kier molecular flexibility index (Phi) is 9.40. The molecule has 1 aliphatic rings. The zero-order valence-corrected chi connectivity index (χ0v) is 25.1. The minimum atomic E-state index is -4.96. The van der Waals surface area contributed by atoms with Crippen molar-refractivity contribution in [1.29, 1.82) is 0 Å². The smallest absolute Gasteiger partial charge is 0.416 e. The van der Waals surface area contributed by atoms with Gasteiger partial charge in [0.1, 0.15) is 16.7 Å². The lowest BCUT2D eigenvalue weighted by Crippen LogP contribution is -2.51. The molecule has 11 nitrogen and oxygen atoms in total. The maximum absolute atomic E-state index is 14.3. The van der Waals surface area contributed by atoms with Crippen molar-refractivity contribution in [3.8, 4) is 5.75 Å². The van der Waals surface area contributed by atoms with Crippen LogP contribution in [0.4, 0.5) is 18.0 Å². The van der Waals surface area contributed by atoms with Crippen LogP contribution >= 0.6 is 23.2 Å². The Morgan fingerprint density at radius 2 is 1.91 bits per heavy atom. The van der Waals surface area contributed by atoms with Gasteiger partial charge in [0, 0.05) is 30.2 Å². The van der Waals surface area contributed by atoms with Crippen LogP contribution in [-0.2, 0) is 29.1 Å². The number of sulfone groups is 1. The number of rotatable bonds is 8. The molecule has 0 bridgehead atoms. The Bertz CT molecular complexity index is 1810. The number of amides is 1. The molecule has 4 rings (SSSR count).